The summed E-state index contributed by atoms with van der Waals surface area (Å²) in [6.07, 6.45) is 4.55. The Morgan fingerprint density at radius 1 is 1.17 bits per heavy atom. The molecule has 0 saturated heterocycles. The second kappa shape index (κ2) is 5.93. The first-order valence-corrected chi connectivity index (χ1v) is 7.81. The molecule has 4 rings (SSSR count). The summed E-state index contributed by atoms with van der Waals surface area (Å²) in [6.45, 7) is 4.70. The highest BCUT2D eigenvalue weighted by Crippen LogP contribution is 2.22. The van der Waals surface area contributed by atoms with Crippen molar-refractivity contribution in [2.75, 3.05) is 6.54 Å². The quantitative estimate of drug-likeness (QED) is 0.744. The normalized spacial score (nSPS) is 14.7. The van der Waals surface area contributed by atoms with Crippen molar-refractivity contribution in [3.05, 3.63) is 65.4 Å². The lowest BCUT2D eigenvalue weighted by molar-refractivity contribution is 0.238. The van der Waals surface area contributed by atoms with Crippen LogP contribution in [0, 0.1) is 6.92 Å². The topological polar surface area (TPSA) is 55.1 Å². The molecule has 0 saturated carbocycles. The largest absolute Gasteiger partial charge is 0.461 e. The van der Waals surface area contributed by atoms with Gasteiger partial charge in [0, 0.05) is 31.5 Å². The molecule has 116 valence electrons. The highest BCUT2D eigenvalue weighted by Gasteiger charge is 2.19. The molecule has 0 amide bonds. The molecule has 1 aliphatic heterocycles. The zero-order valence-electron chi connectivity index (χ0n) is 13.1. The highest BCUT2D eigenvalue weighted by atomic mass is 16.3. The zero-order valence-corrected chi connectivity index (χ0v) is 13.1. The van der Waals surface area contributed by atoms with Gasteiger partial charge < -0.3 is 4.42 Å². The zero-order chi connectivity index (χ0) is 15.6. The van der Waals surface area contributed by atoms with Crippen molar-refractivity contribution in [1.29, 1.82) is 0 Å². The predicted octanol–water partition coefficient (Wildman–Crippen LogP) is 3.00. The standard InChI is InChI=1S/C18H18N4O/c1-13-4-2-5-15(20-13)11-22-8-7-14-10-19-18(21-16(14)12-22)17-6-3-9-23-17/h2-6,9-10H,7-8,11-12H2,1H3. The molecule has 0 fully saturated rings. The Morgan fingerprint density at radius 2 is 2.13 bits per heavy atom. The number of hydrogen-bond acceptors (Lipinski definition) is 5. The van der Waals surface area contributed by atoms with Gasteiger partial charge in [-0.15, -0.1) is 0 Å². The average Bonchev–Trinajstić information content (AvgIpc) is 3.09. The maximum absolute atomic E-state index is 5.40. The Kier molecular flexibility index (Phi) is 3.63. The Hall–Kier alpha value is -2.53. The van der Waals surface area contributed by atoms with Gasteiger partial charge in [0.05, 0.1) is 17.7 Å². The van der Waals surface area contributed by atoms with E-state index in [1.165, 1.54) is 5.56 Å². The van der Waals surface area contributed by atoms with Crippen molar-refractivity contribution in [2.24, 2.45) is 0 Å². The van der Waals surface area contributed by atoms with E-state index < -0.39 is 0 Å². The van der Waals surface area contributed by atoms with Crippen LogP contribution in [0.15, 0.2) is 47.2 Å². The molecule has 0 aromatic carbocycles. The molecule has 0 unspecified atom stereocenters. The molecule has 1 aliphatic rings. The van der Waals surface area contributed by atoms with Crippen LogP contribution < -0.4 is 0 Å². The second-order valence-electron chi connectivity index (χ2n) is 5.87. The number of nitrogens with zero attached hydrogens (tertiary/aromatic N) is 4. The van der Waals surface area contributed by atoms with Gasteiger partial charge in [-0.2, -0.15) is 0 Å². The minimum Gasteiger partial charge on any atom is -0.461 e. The van der Waals surface area contributed by atoms with Crippen molar-refractivity contribution >= 4 is 0 Å². The minimum absolute atomic E-state index is 0.657. The molecular formula is C18H18N4O. The molecule has 5 nitrogen and oxygen atoms in total. The van der Waals surface area contributed by atoms with E-state index in [0.29, 0.717) is 11.6 Å². The first-order chi connectivity index (χ1) is 11.3. The van der Waals surface area contributed by atoms with Gasteiger partial charge in [-0.25, -0.2) is 9.97 Å². The van der Waals surface area contributed by atoms with Gasteiger partial charge in [0.15, 0.2) is 11.6 Å². The van der Waals surface area contributed by atoms with Crippen molar-refractivity contribution < 1.29 is 4.42 Å². The second-order valence-corrected chi connectivity index (χ2v) is 5.87. The molecule has 0 spiro atoms. The van der Waals surface area contributed by atoms with Crippen molar-refractivity contribution in [3.8, 4) is 11.6 Å². The van der Waals surface area contributed by atoms with Gasteiger partial charge >= 0.3 is 0 Å². The number of fused-ring (bicyclic) bond motifs is 1. The summed E-state index contributed by atoms with van der Waals surface area (Å²) in [5, 5.41) is 0. The van der Waals surface area contributed by atoms with E-state index >= 15 is 0 Å². The van der Waals surface area contributed by atoms with E-state index in [0.717, 1.165) is 43.1 Å². The van der Waals surface area contributed by atoms with Crippen LogP contribution in [-0.4, -0.2) is 26.4 Å². The summed E-state index contributed by atoms with van der Waals surface area (Å²) in [7, 11) is 0. The van der Waals surface area contributed by atoms with Gasteiger partial charge in [0.25, 0.3) is 0 Å². The van der Waals surface area contributed by atoms with E-state index in [2.05, 4.69) is 27.0 Å². The molecule has 0 N–H and O–H groups in total. The van der Waals surface area contributed by atoms with E-state index in [-0.39, 0.29) is 0 Å². The van der Waals surface area contributed by atoms with Crippen LogP contribution in [0.3, 0.4) is 0 Å². The summed E-state index contributed by atoms with van der Waals surface area (Å²) >= 11 is 0. The summed E-state index contributed by atoms with van der Waals surface area (Å²) in [5.41, 5.74) is 4.48. The molecule has 23 heavy (non-hydrogen) atoms. The molecule has 4 heterocycles. The van der Waals surface area contributed by atoms with Gasteiger partial charge in [-0.05, 0) is 43.2 Å². The van der Waals surface area contributed by atoms with Crippen LogP contribution in [-0.2, 0) is 19.5 Å². The lowest BCUT2D eigenvalue weighted by Crippen LogP contribution is -2.31. The van der Waals surface area contributed by atoms with E-state index in [4.69, 9.17) is 9.40 Å². The van der Waals surface area contributed by atoms with Crippen LogP contribution in [0.4, 0.5) is 0 Å². The lowest BCUT2D eigenvalue weighted by Gasteiger charge is -2.27. The third-order valence-corrected chi connectivity index (χ3v) is 4.10. The number of hydrogen-bond donors (Lipinski definition) is 0. The van der Waals surface area contributed by atoms with Gasteiger partial charge in [0.2, 0.25) is 0 Å². The summed E-state index contributed by atoms with van der Waals surface area (Å²) in [5.74, 6) is 1.37. The summed E-state index contributed by atoms with van der Waals surface area (Å²) in [6, 6.07) is 9.91. The van der Waals surface area contributed by atoms with Crippen molar-refractivity contribution in [3.63, 3.8) is 0 Å². The van der Waals surface area contributed by atoms with Crippen LogP contribution >= 0.6 is 0 Å². The molecule has 0 radical (unpaired) electrons. The number of furan rings is 1. The molecular weight excluding hydrogens is 288 g/mol. The molecule has 3 aromatic heterocycles. The van der Waals surface area contributed by atoms with E-state index in [1.807, 2.05) is 31.3 Å². The van der Waals surface area contributed by atoms with E-state index in [1.54, 1.807) is 6.26 Å². The molecule has 5 heteroatoms. The fourth-order valence-electron chi connectivity index (χ4n) is 2.93. The molecule has 3 aromatic rings. The number of rotatable bonds is 3. The number of aryl methyl sites for hydroxylation is 1. The highest BCUT2D eigenvalue weighted by molar-refractivity contribution is 5.46. The van der Waals surface area contributed by atoms with Crippen LogP contribution in [0.1, 0.15) is 22.6 Å². The third kappa shape index (κ3) is 3.00. The molecule has 0 bridgehead atoms. The maximum Gasteiger partial charge on any atom is 0.195 e. The van der Waals surface area contributed by atoms with Gasteiger partial charge in [-0.3, -0.25) is 9.88 Å². The van der Waals surface area contributed by atoms with Crippen LogP contribution in [0.2, 0.25) is 0 Å². The minimum atomic E-state index is 0.657. The van der Waals surface area contributed by atoms with E-state index in [9.17, 15) is 0 Å². The first kappa shape index (κ1) is 14.1. The Bertz CT molecular complexity index is 814. The van der Waals surface area contributed by atoms with Gasteiger partial charge in [0.1, 0.15) is 0 Å². The first-order valence-electron chi connectivity index (χ1n) is 7.81. The predicted molar refractivity (Wildman–Crippen MR) is 86.5 cm³/mol. The van der Waals surface area contributed by atoms with Crippen LogP contribution in [0.25, 0.3) is 11.6 Å². The van der Waals surface area contributed by atoms with Crippen LogP contribution in [0.5, 0.6) is 0 Å². The lowest BCUT2D eigenvalue weighted by atomic mass is 10.1. The van der Waals surface area contributed by atoms with Crippen molar-refractivity contribution in [1.82, 2.24) is 19.9 Å². The number of pyridine rings is 1. The van der Waals surface area contributed by atoms with Crippen molar-refractivity contribution in [2.45, 2.75) is 26.4 Å². The molecule has 0 aliphatic carbocycles. The Labute approximate surface area is 135 Å². The fourth-order valence-corrected chi connectivity index (χ4v) is 2.93. The summed E-state index contributed by atoms with van der Waals surface area (Å²) in [4.78, 5) is 16.1. The Morgan fingerprint density at radius 3 is 2.96 bits per heavy atom. The molecule has 0 atom stereocenters. The smallest absolute Gasteiger partial charge is 0.195 e. The fraction of sp³-hybridized carbons (Fsp3) is 0.278. The average molecular weight is 306 g/mol. The number of aromatic nitrogens is 3. The van der Waals surface area contributed by atoms with Gasteiger partial charge in [-0.1, -0.05) is 6.07 Å². The Balaban J connectivity index is 1.55. The maximum atomic E-state index is 5.40. The monoisotopic (exact) mass is 306 g/mol. The third-order valence-electron chi connectivity index (χ3n) is 4.10. The SMILES string of the molecule is Cc1cccc(CN2CCc3cnc(-c4ccco4)nc3C2)n1. The summed E-state index contributed by atoms with van der Waals surface area (Å²) < 4.78 is 5.40.